The predicted octanol–water partition coefficient (Wildman–Crippen LogP) is 1.98. The quantitative estimate of drug-likeness (QED) is 0.773. The number of nitriles is 1. The summed E-state index contributed by atoms with van der Waals surface area (Å²) in [4.78, 5) is 0. The van der Waals surface area contributed by atoms with E-state index >= 15 is 0 Å². The van der Waals surface area contributed by atoms with E-state index in [2.05, 4.69) is 5.32 Å². The van der Waals surface area contributed by atoms with Gasteiger partial charge in [0.2, 0.25) is 0 Å². The Morgan fingerprint density at radius 3 is 2.88 bits per heavy atom. The second kappa shape index (κ2) is 6.94. The molecule has 3 nitrogen and oxygen atoms in total. The van der Waals surface area contributed by atoms with Crippen molar-refractivity contribution in [2.24, 2.45) is 0 Å². The number of hydrogen-bond acceptors (Lipinski definition) is 3. The highest BCUT2D eigenvalue weighted by Crippen LogP contribution is 2.08. The molecular weight excluding hydrogens is 226 g/mol. The van der Waals surface area contributed by atoms with Crippen LogP contribution in [0.1, 0.15) is 12.5 Å². The van der Waals surface area contributed by atoms with Gasteiger partial charge in [-0.1, -0.05) is 6.07 Å². The molecule has 1 atom stereocenters. The third-order valence-corrected chi connectivity index (χ3v) is 2.16. The molecule has 0 fully saturated rings. The Hall–Kier alpha value is -1.51. The fraction of sp³-hybridized carbons (Fsp3) is 0.417. The Morgan fingerprint density at radius 2 is 2.24 bits per heavy atom. The molecule has 0 heterocycles. The highest BCUT2D eigenvalue weighted by Gasteiger charge is 2.03. The summed E-state index contributed by atoms with van der Waals surface area (Å²) < 4.78 is 30.9. The summed E-state index contributed by atoms with van der Waals surface area (Å²) in [6.45, 7) is 2.83. The monoisotopic (exact) mass is 240 g/mol. The van der Waals surface area contributed by atoms with Crippen LogP contribution in [-0.4, -0.2) is 19.3 Å². The predicted molar refractivity (Wildman–Crippen MR) is 59.1 cm³/mol. The summed E-state index contributed by atoms with van der Waals surface area (Å²) in [5, 5.41) is 11.4. The molecule has 0 amide bonds. The van der Waals surface area contributed by atoms with Crippen LogP contribution in [0.15, 0.2) is 18.2 Å². The maximum atomic E-state index is 13.2. The van der Waals surface area contributed by atoms with E-state index in [9.17, 15) is 8.78 Å². The van der Waals surface area contributed by atoms with Crippen molar-refractivity contribution in [2.45, 2.75) is 19.6 Å². The third-order valence-electron chi connectivity index (χ3n) is 2.16. The minimum atomic E-state index is -0.586. The minimum absolute atomic E-state index is 0.302. The lowest BCUT2D eigenvalue weighted by Gasteiger charge is -2.07. The van der Waals surface area contributed by atoms with E-state index in [0.29, 0.717) is 25.3 Å². The Bertz CT molecular complexity index is 404. The SMILES string of the molecule is CC(C#N)OCCNCc1ccc(F)cc1F. The van der Waals surface area contributed by atoms with Crippen molar-refractivity contribution in [3.8, 4) is 6.07 Å². The van der Waals surface area contributed by atoms with Gasteiger partial charge in [0.05, 0.1) is 12.7 Å². The average Bonchev–Trinajstić information content (AvgIpc) is 2.30. The van der Waals surface area contributed by atoms with E-state index in [0.717, 1.165) is 6.07 Å². The van der Waals surface area contributed by atoms with Gasteiger partial charge in [0.1, 0.15) is 17.7 Å². The topological polar surface area (TPSA) is 45.0 Å². The summed E-state index contributed by atoms with van der Waals surface area (Å²) in [5.41, 5.74) is 0.403. The van der Waals surface area contributed by atoms with Crippen molar-refractivity contribution in [1.29, 1.82) is 5.26 Å². The van der Waals surface area contributed by atoms with Gasteiger partial charge >= 0.3 is 0 Å². The standard InChI is InChI=1S/C12H14F2N2O/c1-9(7-15)17-5-4-16-8-10-2-3-11(13)6-12(10)14/h2-3,6,9,16H,4-5,8H2,1H3. The first kappa shape index (κ1) is 13.6. The van der Waals surface area contributed by atoms with Crippen LogP contribution in [0.3, 0.4) is 0 Å². The van der Waals surface area contributed by atoms with Crippen LogP contribution >= 0.6 is 0 Å². The number of rotatable bonds is 6. The van der Waals surface area contributed by atoms with E-state index < -0.39 is 17.7 Å². The molecule has 0 bridgehead atoms. The Morgan fingerprint density at radius 1 is 1.47 bits per heavy atom. The Kier molecular flexibility index (Phi) is 5.53. The van der Waals surface area contributed by atoms with Crippen LogP contribution in [-0.2, 0) is 11.3 Å². The molecule has 92 valence electrons. The van der Waals surface area contributed by atoms with Gasteiger partial charge in [-0.05, 0) is 13.0 Å². The van der Waals surface area contributed by atoms with Gasteiger partial charge in [0.15, 0.2) is 0 Å². The number of ether oxygens (including phenoxy) is 1. The zero-order valence-electron chi connectivity index (χ0n) is 9.54. The molecule has 1 rings (SSSR count). The molecule has 0 spiro atoms. The lowest BCUT2D eigenvalue weighted by molar-refractivity contribution is 0.104. The number of benzene rings is 1. The first-order valence-corrected chi connectivity index (χ1v) is 5.29. The number of hydrogen-bond donors (Lipinski definition) is 1. The van der Waals surface area contributed by atoms with Crippen molar-refractivity contribution in [3.05, 3.63) is 35.4 Å². The zero-order valence-corrected chi connectivity index (χ0v) is 9.54. The van der Waals surface area contributed by atoms with Gasteiger partial charge in [0, 0.05) is 24.7 Å². The molecule has 0 saturated heterocycles. The smallest absolute Gasteiger partial charge is 0.141 e. The molecule has 0 aliphatic heterocycles. The van der Waals surface area contributed by atoms with Gasteiger partial charge in [-0.3, -0.25) is 0 Å². The Labute approximate surface area is 99.0 Å². The maximum absolute atomic E-state index is 13.2. The highest BCUT2D eigenvalue weighted by molar-refractivity contribution is 5.18. The molecule has 0 saturated carbocycles. The lowest BCUT2D eigenvalue weighted by Crippen LogP contribution is -2.21. The van der Waals surface area contributed by atoms with E-state index in [1.54, 1.807) is 6.92 Å². The molecule has 1 aromatic rings. The van der Waals surface area contributed by atoms with Gasteiger partial charge in [-0.25, -0.2) is 8.78 Å². The summed E-state index contributed by atoms with van der Waals surface area (Å²) >= 11 is 0. The molecule has 0 aromatic heterocycles. The van der Waals surface area contributed by atoms with Crippen LogP contribution in [0.5, 0.6) is 0 Å². The molecule has 1 aromatic carbocycles. The third kappa shape index (κ3) is 4.89. The second-order valence-corrected chi connectivity index (χ2v) is 3.55. The molecule has 0 aliphatic rings. The van der Waals surface area contributed by atoms with Crippen molar-refractivity contribution in [2.75, 3.05) is 13.2 Å². The second-order valence-electron chi connectivity index (χ2n) is 3.55. The number of nitrogens with one attached hydrogen (secondary N) is 1. The van der Waals surface area contributed by atoms with Gasteiger partial charge in [-0.15, -0.1) is 0 Å². The minimum Gasteiger partial charge on any atom is -0.362 e. The van der Waals surface area contributed by atoms with Gasteiger partial charge in [0.25, 0.3) is 0 Å². The molecule has 0 radical (unpaired) electrons. The van der Waals surface area contributed by atoms with Crippen molar-refractivity contribution >= 4 is 0 Å². The molecule has 1 N–H and O–H groups in total. The number of nitrogens with zero attached hydrogens (tertiary/aromatic N) is 1. The van der Waals surface area contributed by atoms with Crippen LogP contribution < -0.4 is 5.32 Å². The van der Waals surface area contributed by atoms with Crippen LogP contribution in [0.25, 0.3) is 0 Å². The maximum Gasteiger partial charge on any atom is 0.141 e. The summed E-state index contributed by atoms with van der Waals surface area (Å²) in [5.74, 6) is -1.15. The normalized spacial score (nSPS) is 12.1. The number of halogens is 2. The van der Waals surface area contributed by atoms with Crippen molar-refractivity contribution < 1.29 is 13.5 Å². The molecule has 5 heteroatoms. The van der Waals surface area contributed by atoms with Crippen molar-refractivity contribution in [1.82, 2.24) is 5.32 Å². The summed E-state index contributed by atoms with van der Waals surface area (Å²) in [6.07, 6.45) is -0.445. The van der Waals surface area contributed by atoms with Crippen LogP contribution in [0.2, 0.25) is 0 Å². The summed E-state index contributed by atoms with van der Waals surface area (Å²) in [7, 11) is 0. The molecule has 0 aliphatic carbocycles. The van der Waals surface area contributed by atoms with Gasteiger partial charge in [-0.2, -0.15) is 5.26 Å². The van der Waals surface area contributed by atoms with Gasteiger partial charge < -0.3 is 10.1 Å². The lowest BCUT2D eigenvalue weighted by atomic mass is 10.2. The first-order chi connectivity index (χ1) is 8.13. The van der Waals surface area contributed by atoms with E-state index in [-0.39, 0.29) is 0 Å². The zero-order chi connectivity index (χ0) is 12.7. The van der Waals surface area contributed by atoms with Crippen molar-refractivity contribution in [3.63, 3.8) is 0 Å². The average molecular weight is 240 g/mol. The highest BCUT2D eigenvalue weighted by atomic mass is 19.1. The summed E-state index contributed by atoms with van der Waals surface area (Å²) in [6, 6.07) is 5.41. The van der Waals surface area contributed by atoms with Crippen LogP contribution in [0.4, 0.5) is 8.78 Å². The molecule has 1 unspecified atom stereocenters. The van der Waals surface area contributed by atoms with E-state index in [1.165, 1.54) is 12.1 Å². The Balaban J connectivity index is 2.25. The molecule has 17 heavy (non-hydrogen) atoms. The fourth-order valence-corrected chi connectivity index (χ4v) is 1.23. The van der Waals surface area contributed by atoms with Crippen LogP contribution in [0, 0.1) is 23.0 Å². The first-order valence-electron chi connectivity index (χ1n) is 5.29. The molecular formula is C12H14F2N2O. The van der Waals surface area contributed by atoms with E-state index in [4.69, 9.17) is 10.00 Å². The van der Waals surface area contributed by atoms with E-state index in [1.807, 2.05) is 6.07 Å². The fourth-order valence-electron chi connectivity index (χ4n) is 1.23. The largest absolute Gasteiger partial charge is 0.362 e.